The molecule has 0 aliphatic rings. The molecule has 0 aliphatic heterocycles. The number of nitrogens with two attached hydrogens (primary N) is 1. The third kappa shape index (κ3) is 2.59. The minimum Gasteiger partial charge on any atom is -0.468 e. The van der Waals surface area contributed by atoms with Crippen LogP contribution in [0, 0.1) is 0 Å². The monoisotopic (exact) mass is 287 g/mol. The van der Waals surface area contributed by atoms with Crippen LogP contribution in [0.2, 0.25) is 0 Å². The lowest BCUT2D eigenvalue weighted by Gasteiger charge is -2.11. The molecule has 0 spiro atoms. The standard InChI is InChI=1S/C13H13N5OS/c14-9-12(11-7-4-8-19-11)20-13-15-16-17-18(13)10-5-2-1-3-6-10/h1-8,12H,9,14H2. The second-order valence-corrected chi connectivity index (χ2v) is 5.24. The van der Waals surface area contributed by atoms with E-state index in [0.29, 0.717) is 11.7 Å². The van der Waals surface area contributed by atoms with Gasteiger partial charge in [-0.25, -0.2) is 0 Å². The molecular weight excluding hydrogens is 274 g/mol. The van der Waals surface area contributed by atoms with Gasteiger partial charge in [0.1, 0.15) is 5.76 Å². The zero-order valence-corrected chi connectivity index (χ0v) is 11.4. The molecule has 0 radical (unpaired) electrons. The van der Waals surface area contributed by atoms with Gasteiger partial charge in [0.05, 0.1) is 17.2 Å². The Hall–Kier alpha value is -2.12. The van der Waals surface area contributed by atoms with Crippen LogP contribution < -0.4 is 5.73 Å². The van der Waals surface area contributed by atoms with Crippen LogP contribution in [-0.2, 0) is 0 Å². The van der Waals surface area contributed by atoms with Crippen LogP contribution in [0.15, 0.2) is 58.3 Å². The van der Waals surface area contributed by atoms with Crippen molar-refractivity contribution < 1.29 is 4.42 Å². The van der Waals surface area contributed by atoms with Crippen LogP contribution in [0.3, 0.4) is 0 Å². The van der Waals surface area contributed by atoms with Gasteiger partial charge in [-0.15, -0.1) is 5.10 Å². The fourth-order valence-electron chi connectivity index (χ4n) is 1.81. The second kappa shape index (κ2) is 5.89. The Morgan fingerprint density at radius 3 is 2.75 bits per heavy atom. The van der Waals surface area contributed by atoms with Gasteiger partial charge >= 0.3 is 0 Å². The van der Waals surface area contributed by atoms with Gasteiger partial charge in [0.25, 0.3) is 0 Å². The molecule has 2 N–H and O–H groups in total. The fourth-order valence-corrected chi connectivity index (χ4v) is 2.73. The maximum atomic E-state index is 5.81. The SMILES string of the molecule is NCC(Sc1nnnn1-c1ccccc1)c1ccco1. The highest BCUT2D eigenvalue weighted by atomic mass is 32.2. The fraction of sp³-hybridized carbons (Fsp3) is 0.154. The number of nitrogens with zero attached hydrogens (tertiary/aromatic N) is 4. The summed E-state index contributed by atoms with van der Waals surface area (Å²) in [6, 6.07) is 13.5. The minimum atomic E-state index is -0.0153. The van der Waals surface area contributed by atoms with Crippen LogP contribution in [0.1, 0.15) is 11.0 Å². The Morgan fingerprint density at radius 2 is 2.05 bits per heavy atom. The maximum Gasteiger partial charge on any atom is 0.214 e. The number of thioether (sulfide) groups is 1. The second-order valence-electron chi connectivity index (χ2n) is 4.07. The molecule has 0 saturated carbocycles. The lowest BCUT2D eigenvalue weighted by Crippen LogP contribution is -2.10. The first-order chi connectivity index (χ1) is 9.88. The molecule has 1 atom stereocenters. The normalized spacial score (nSPS) is 12.4. The molecule has 7 heteroatoms. The van der Waals surface area contributed by atoms with E-state index in [9.17, 15) is 0 Å². The molecule has 6 nitrogen and oxygen atoms in total. The van der Waals surface area contributed by atoms with E-state index in [1.165, 1.54) is 11.8 Å². The number of hydrogen-bond donors (Lipinski definition) is 1. The Kier molecular flexibility index (Phi) is 3.80. The van der Waals surface area contributed by atoms with Gasteiger partial charge < -0.3 is 10.2 Å². The lowest BCUT2D eigenvalue weighted by molar-refractivity contribution is 0.506. The van der Waals surface area contributed by atoms with Gasteiger partial charge in [-0.1, -0.05) is 30.0 Å². The molecule has 0 amide bonds. The summed E-state index contributed by atoms with van der Waals surface area (Å²) in [7, 11) is 0. The topological polar surface area (TPSA) is 82.8 Å². The van der Waals surface area contributed by atoms with Crippen molar-refractivity contribution in [3.05, 3.63) is 54.5 Å². The average Bonchev–Trinajstić information content (AvgIpc) is 3.17. The highest BCUT2D eigenvalue weighted by Crippen LogP contribution is 2.33. The number of aromatic nitrogens is 4. The summed E-state index contributed by atoms with van der Waals surface area (Å²) < 4.78 is 7.09. The Balaban J connectivity index is 1.87. The zero-order valence-electron chi connectivity index (χ0n) is 10.6. The van der Waals surface area contributed by atoms with Gasteiger partial charge in [-0.2, -0.15) is 4.68 Å². The number of hydrogen-bond acceptors (Lipinski definition) is 6. The van der Waals surface area contributed by atoms with E-state index < -0.39 is 0 Å². The van der Waals surface area contributed by atoms with E-state index in [4.69, 9.17) is 10.2 Å². The van der Waals surface area contributed by atoms with Crippen LogP contribution >= 0.6 is 11.8 Å². The first-order valence-electron chi connectivity index (χ1n) is 6.12. The molecule has 0 fully saturated rings. The number of benzene rings is 1. The van der Waals surface area contributed by atoms with Gasteiger partial charge in [0, 0.05) is 6.54 Å². The maximum absolute atomic E-state index is 5.81. The molecule has 20 heavy (non-hydrogen) atoms. The van der Waals surface area contributed by atoms with Crippen molar-refractivity contribution in [1.82, 2.24) is 20.2 Å². The lowest BCUT2D eigenvalue weighted by atomic mass is 10.3. The summed E-state index contributed by atoms with van der Waals surface area (Å²) in [6.45, 7) is 0.444. The molecule has 2 aromatic heterocycles. The summed E-state index contributed by atoms with van der Waals surface area (Å²) in [4.78, 5) is 0. The third-order valence-corrected chi connectivity index (χ3v) is 3.94. The summed E-state index contributed by atoms with van der Waals surface area (Å²) in [6.07, 6.45) is 1.64. The predicted molar refractivity (Wildman–Crippen MR) is 75.5 cm³/mol. The summed E-state index contributed by atoms with van der Waals surface area (Å²) in [5, 5.41) is 12.5. The zero-order chi connectivity index (χ0) is 13.8. The van der Waals surface area contributed by atoms with E-state index in [1.54, 1.807) is 10.9 Å². The molecule has 2 heterocycles. The Bertz CT molecular complexity index is 652. The van der Waals surface area contributed by atoms with Gasteiger partial charge in [0.15, 0.2) is 0 Å². The number of rotatable bonds is 5. The van der Waals surface area contributed by atoms with Crippen molar-refractivity contribution >= 4 is 11.8 Å². The van der Waals surface area contributed by atoms with Crippen molar-refractivity contribution in [3.8, 4) is 5.69 Å². The summed E-state index contributed by atoms with van der Waals surface area (Å²) in [5.74, 6) is 0.820. The van der Waals surface area contributed by atoms with E-state index >= 15 is 0 Å². The quantitative estimate of drug-likeness (QED) is 0.723. The molecule has 1 unspecified atom stereocenters. The van der Waals surface area contributed by atoms with E-state index in [-0.39, 0.29) is 5.25 Å². The minimum absolute atomic E-state index is 0.0153. The van der Waals surface area contributed by atoms with E-state index in [2.05, 4.69) is 15.5 Å². The largest absolute Gasteiger partial charge is 0.468 e. The van der Waals surface area contributed by atoms with Crippen molar-refractivity contribution in [2.75, 3.05) is 6.54 Å². The van der Waals surface area contributed by atoms with Crippen LogP contribution in [0.4, 0.5) is 0 Å². The molecule has 3 aromatic rings. The van der Waals surface area contributed by atoms with Crippen molar-refractivity contribution in [2.45, 2.75) is 10.4 Å². The average molecular weight is 287 g/mol. The highest BCUT2D eigenvalue weighted by Gasteiger charge is 2.19. The summed E-state index contributed by atoms with van der Waals surface area (Å²) in [5.41, 5.74) is 6.72. The number of para-hydroxylation sites is 1. The van der Waals surface area contributed by atoms with E-state index in [0.717, 1.165) is 11.4 Å². The van der Waals surface area contributed by atoms with Gasteiger partial charge in [0.2, 0.25) is 5.16 Å². The molecular formula is C13H13N5OS. The van der Waals surface area contributed by atoms with Crippen LogP contribution in [-0.4, -0.2) is 26.8 Å². The van der Waals surface area contributed by atoms with E-state index in [1.807, 2.05) is 42.5 Å². The number of furan rings is 1. The molecule has 102 valence electrons. The molecule has 0 aliphatic carbocycles. The smallest absolute Gasteiger partial charge is 0.214 e. The highest BCUT2D eigenvalue weighted by molar-refractivity contribution is 7.99. The van der Waals surface area contributed by atoms with Gasteiger partial charge in [-0.3, -0.25) is 0 Å². The predicted octanol–water partition coefficient (Wildman–Crippen LogP) is 2.05. The first-order valence-corrected chi connectivity index (χ1v) is 7.00. The molecule has 0 bridgehead atoms. The van der Waals surface area contributed by atoms with Gasteiger partial charge in [-0.05, 0) is 34.7 Å². The Morgan fingerprint density at radius 1 is 1.20 bits per heavy atom. The van der Waals surface area contributed by atoms with Crippen molar-refractivity contribution in [2.24, 2.45) is 5.73 Å². The molecule has 0 saturated heterocycles. The third-order valence-electron chi connectivity index (χ3n) is 2.76. The first kappa shape index (κ1) is 12.9. The molecule has 3 rings (SSSR count). The van der Waals surface area contributed by atoms with Crippen LogP contribution in [0.5, 0.6) is 0 Å². The Labute approximate surface area is 120 Å². The summed E-state index contributed by atoms with van der Waals surface area (Å²) >= 11 is 1.48. The van der Waals surface area contributed by atoms with Crippen molar-refractivity contribution in [3.63, 3.8) is 0 Å². The number of tetrazole rings is 1. The van der Waals surface area contributed by atoms with Crippen LogP contribution in [0.25, 0.3) is 5.69 Å². The van der Waals surface area contributed by atoms with Crippen molar-refractivity contribution in [1.29, 1.82) is 0 Å². The molecule has 1 aromatic carbocycles.